The van der Waals surface area contributed by atoms with Gasteiger partial charge in [-0.15, -0.1) is 0 Å². The zero-order valence-corrected chi connectivity index (χ0v) is 11.5. The van der Waals surface area contributed by atoms with Crippen LogP contribution in [-0.2, 0) is 21.3 Å². The molecule has 0 saturated carbocycles. The lowest BCUT2D eigenvalue weighted by molar-refractivity contribution is 0.0685. The standard InChI is InChI=1S/C10H15N3O6S/c1-2-13-6-7(5-8(13)9(14)15)20(17,18)12-3-4-19-10(11)16/h5-6,12H,2-4H2,1H3,(H2,11,16)(H,14,15). The molecule has 0 unspecified atom stereocenters. The van der Waals surface area contributed by atoms with E-state index in [1.807, 2.05) is 0 Å². The van der Waals surface area contributed by atoms with Gasteiger partial charge in [0.25, 0.3) is 0 Å². The minimum absolute atomic E-state index is 0.124. The lowest BCUT2D eigenvalue weighted by Crippen LogP contribution is -2.29. The maximum atomic E-state index is 11.9. The summed E-state index contributed by atoms with van der Waals surface area (Å²) in [6.07, 6.45) is 0.218. The number of hydrogen-bond acceptors (Lipinski definition) is 5. The number of rotatable bonds is 7. The number of primary amides is 1. The number of nitrogens with one attached hydrogen (secondary N) is 1. The van der Waals surface area contributed by atoms with Crippen molar-refractivity contribution < 1.29 is 27.9 Å². The molecule has 1 rings (SSSR count). The van der Waals surface area contributed by atoms with Gasteiger partial charge in [-0.25, -0.2) is 22.7 Å². The van der Waals surface area contributed by atoms with Crippen molar-refractivity contribution in [2.75, 3.05) is 13.2 Å². The third-order valence-electron chi connectivity index (χ3n) is 2.38. The Morgan fingerprint density at radius 2 is 2.15 bits per heavy atom. The fourth-order valence-corrected chi connectivity index (χ4v) is 2.53. The summed E-state index contributed by atoms with van der Waals surface area (Å²) in [5.41, 5.74) is 4.60. The molecule has 0 saturated heterocycles. The fourth-order valence-electron chi connectivity index (χ4n) is 1.48. The van der Waals surface area contributed by atoms with Crippen LogP contribution in [0.3, 0.4) is 0 Å². The van der Waals surface area contributed by atoms with Crippen LogP contribution in [0.15, 0.2) is 17.2 Å². The highest BCUT2D eigenvalue weighted by atomic mass is 32.2. The molecule has 1 amide bonds. The molecule has 1 heterocycles. The smallest absolute Gasteiger partial charge is 0.404 e. The van der Waals surface area contributed by atoms with Crippen LogP contribution >= 0.6 is 0 Å². The van der Waals surface area contributed by atoms with Crippen LogP contribution in [0.2, 0.25) is 0 Å². The SMILES string of the molecule is CCn1cc(S(=O)(=O)NCCOC(N)=O)cc1C(=O)O. The van der Waals surface area contributed by atoms with Crippen LogP contribution in [0.1, 0.15) is 17.4 Å². The Labute approximate surface area is 115 Å². The molecular weight excluding hydrogens is 290 g/mol. The van der Waals surface area contributed by atoms with E-state index in [1.165, 1.54) is 10.8 Å². The van der Waals surface area contributed by atoms with Crippen LogP contribution in [0.5, 0.6) is 0 Å². The van der Waals surface area contributed by atoms with E-state index in [9.17, 15) is 18.0 Å². The Balaban J connectivity index is 2.82. The zero-order chi connectivity index (χ0) is 15.3. The largest absolute Gasteiger partial charge is 0.477 e. The van der Waals surface area contributed by atoms with Crippen molar-refractivity contribution in [1.82, 2.24) is 9.29 Å². The molecule has 1 aromatic rings. The third kappa shape index (κ3) is 3.96. The molecule has 20 heavy (non-hydrogen) atoms. The third-order valence-corrected chi connectivity index (χ3v) is 3.81. The van der Waals surface area contributed by atoms with Gasteiger partial charge in [-0.05, 0) is 13.0 Å². The molecule has 4 N–H and O–H groups in total. The fraction of sp³-hybridized carbons (Fsp3) is 0.400. The lowest BCUT2D eigenvalue weighted by Gasteiger charge is -2.04. The molecule has 0 atom stereocenters. The molecular formula is C10H15N3O6S. The van der Waals surface area contributed by atoms with E-state index in [-0.39, 0.29) is 23.7 Å². The Morgan fingerprint density at radius 3 is 2.60 bits per heavy atom. The maximum Gasteiger partial charge on any atom is 0.404 e. The molecule has 0 aliphatic rings. The summed E-state index contributed by atoms with van der Waals surface area (Å²) >= 11 is 0. The molecule has 0 aliphatic heterocycles. The van der Waals surface area contributed by atoms with Crippen molar-refractivity contribution in [3.63, 3.8) is 0 Å². The Bertz CT molecular complexity index is 607. The first-order valence-corrected chi connectivity index (χ1v) is 7.11. The number of sulfonamides is 1. The number of aromatic nitrogens is 1. The van der Waals surface area contributed by atoms with Gasteiger partial charge in [-0.1, -0.05) is 0 Å². The topological polar surface area (TPSA) is 141 Å². The molecule has 10 heteroatoms. The number of aryl methyl sites for hydroxylation is 1. The summed E-state index contributed by atoms with van der Waals surface area (Å²) in [6, 6.07) is 1.06. The highest BCUT2D eigenvalue weighted by molar-refractivity contribution is 7.89. The summed E-state index contributed by atoms with van der Waals surface area (Å²) in [4.78, 5) is 21.1. The normalized spacial score (nSPS) is 11.2. The number of nitrogens with zero attached hydrogens (tertiary/aromatic N) is 1. The number of amides is 1. The van der Waals surface area contributed by atoms with Crippen molar-refractivity contribution in [1.29, 1.82) is 0 Å². The Kier molecular flexibility index (Phi) is 5.11. The van der Waals surface area contributed by atoms with E-state index in [0.29, 0.717) is 6.54 Å². The van der Waals surface area contributed by atoms with E-state index in [0.717, 1.165) is 6.07 Å². The average molecular weight is 305 g/mol. The minimum atomic E-state index is -3.87. The van der Waals surface area contributed by atoms with Crippen LogP contribution in [0.25, 0.3) is 0 Å². The van der Waals surface area contributed by atoms with Crippen LogP contribution < -0.4 is 10.5 Å². The number of ether oxygens (including phenoxy) is 1. The first-order chi connectivity index (χ1) is 9.27. The van der Waals surface area contributed by atoms with Gasteiger partial charge in [0.15, 0.2) is 0 Å². The summed E-state index contributed by atoms with van der Waals surface area (Å²) in [7, 11) is -3.87. The van der Waals surface area contributed by atoms with E-state index in [2.05, 4.69) is 9.46 Å². The van der Waals surface area contributed by atoms with Gasteiger partial charge >= 0.3 is 12.1 Å². The summed E-state index contributed by atoms with van der Waals surface area (Å²) in [6.45, 7) is 1.64. The average Bonchev–Trinajstić information content (AvgIpc) is 2.79. The molecule has 0 radical (unpaired) electrons. The number of carbonyl (C=O) groups excluding carboxylic acids is 1. The molecule has 0 aliphatic carbocycles. The second-order valence-corrected chi connectivity index (χ2v) is 5.48. The van der Waals surface area contributed by atoms with E-state index < -0.39 is 22.1 Å². The van der Waals surface area contributed by atoms with Gasteiger partial charge in [0, 0.05) is 19.3 Å². The first kappa shape index (κ1) is 16.0. The molecule has 0 bridgehead atoms. The van der Waals surface area contributed by atoms with Gasteiger partial charge < -0.3 is 20.1 Å². The number of carbonyl (C=O) groups is 2. The van der Waals surface area contributed by atoms with E-state index in [4.69, 9.17) is 10.8 Å². The van der Waals surface area contributed by atoms with Gasteiger partial charge in [0.2, 0.25) is 10.0 Å². The lowest BCUT2D eigenvalue weighted by atomic mass is 10.4. The maximum absolute atomic E-state index is 11.9. The predicted molar refractivity (Wildman–Crippen MR) is 67.8 cm³/mol. The quantitative estimate of drug-likeness (QED) is 0.584. The van der Waals surface area contributed by atoms with Crippen LogP contribution in [0, 0.1) is 0 Å². The summed E-state index contributed by atoms with van der Waals surface area (Å²) in [5, 5.41) is 8.94. The van der Waals surface area contributed by atoms with Crippen molar-refractivity contribution in [2.24, 2.45) is 5.73 Å². The molecule has 0 spiro atoms. The van der Waals surface area contributed by atoms with Crippen molar-refractivity contribution in [3.05, 3.63) is 18.0 Å². The molecule has 9 nitrogen and oxygen atoms in total. The zero-order valence-electron chi connectivity index (χ0n) is 10.7. The first-order valence-electron chi connectivity index (χ1n) is 5.63. The molecule has 1 aromatic heterocycles. The van der Waals surface area contributed by atoms with Gasteiger partial charge in [0.1, 0.15) is 17.2 Å². The Hall–Kier alpha value is -2.07. The molecule has 112 valence electrons. The molecule has 0 aromatic carbocycles. The Morgan fingerprint density at radius 1 is 1.50 bits per heavy atom. The van der Waals surface area contributed by atoms with E-state index >= 15 is 0 Å². The van der Waals surface area contributed by atoms with Crippen molar-refractivity contribution in [2.45, 2.75) is 18.4 Å². The van der Waals surface area contributed by atoms with Gasteiger partial charge in [0.05, 0.1) is 0 Å². The van der Waals surface area contributed by atoms with Crippen molar-refractivity contribution in [3.8, 4) is 0 Å². The number of nitrogens with two attached hydrogens (primary N) is 1. The van der Waals surface area contributed by atoms with Gasteiger partial charge in [-0.3, -0.25) is 0 Å². The highest BCUT2D eigenvalue weighted by Crippen LogP contribution is 2.14. The predicted octanol–water partition coefficient (Wildman–Crippen LogP) is -0.420. The van der Waals surface area contributed by atoms with E-state index in [1.54, 1.807) is 6.92 Å². The van der Waals surface area contributed by atoms with Gasteiger partial charge in [-0.2, -0.15) is 0 Å². The second kappa shape index (κ2) is 6.39. The second-order valence-electron chi connectivity index (χ2n) is 3.72. The summed E-state index contributed by atoms with van der Waals surface area (Å²) in [5.74, 6) is -1.22. The number of hydrogen-bond donors (Lipinski definition) is 3. The number of carboxylic acid groups (broad SMARTS) is 1. The van der Waals surface area contributed by atoms with Crippen LogP contribution in [0.4, 0.5) is 4.79 Å². The van der Waals surface area contributed by atoms with Crippen LogP contribution in [-0.4, -0.2) is 43.3 Å². The number of carboxylic acids is 1. The highest BCUT2D eigenvalue weighted by Gasteiger charge is 2.20. The molecule has 0 fully saturated rings. The van der Waals surface area contributed by atoms with Crippen molar-refractivity contribution >= 4 is 22.1 Å². The monoisotopic (exact) mass is 305 g/mol. The minimum Gasteiger partial charge on any atom is -0.477 e. The number of aromatic carboxylic acids is 1. The summed E-state index contributed by atoms with van der Waals surface area (Å²) < 4.78 is 31.6.